The first-order valence-electron chi connectivity index (χ1n) is 6.12. The summed E-state index contributed by atoms with van der Waals surface area (Å²) < 4.78 is 3.33. The molecule has 0 radical (unpaired) electrons. The number of hydrogen-bond donors (Lipinski definition) is 0. The van der Waals surface area contributed by atoms with Crippen LogP contribution in [-0.2, 0) is 12.4 Å². The number of aromatic nitrogens is 2. The van der Waals surface area contributed by atoms with E-state index < -0.39 is 0 Å². The second-order valence-corrected chi connectivity index (χ2v) is 6.46. The Balaban J connectivity index is 2.07. The first kappa shape index (κ1) is 14.2. The minimum atomic E-state index is 0.402. The largest absolute Gasteiger partial charge is 0.322 e. The van der Waals surface area contributed by atoms with Crippen LogP contribution in [-0.4, -0.2) is 9.55 Å². The third-order valence-corrected chi connectivity index (χ3v) is 4.32. The normalized spacial score (nSPS) is 11.2. The number of fused-ring (bicyclic) bond motifs is 1. The lowest BCUT2D eigenvalue weighted by atomic mass is 10.2. The molecule has 0 atom stereocenters. The van der Waals surface area contributed by atoms with E-state index in [2.05, 4.69) is 50.3 Å². The van der Waals surface area contributed by atoms with Gasteiger partial charge in [-0.15, -0.1) is 11.6 Å². The summed E-state index contributed by atoms with van der Waals surface area (Å²) in [7, 11) is 0. The monoisotopic (exact) mass is 416 g/mol. The summed E-state index contributed by atoms with van der Waals surface area (Å²) in [6.07, 6.45) is 0. The average molecular weight is 417 g/mol. The standard InChI is InChI=1S/C15H11Cl2IN2/c16-8-15-19-13-7-12(18)5-6-14(13)20(15)9-10-1-3-11(17)4-2-10/h1-7H,8-9H2. The molecule has 0 saturated carbocycles. The fourth-order valence-corrected chi connectivity index (χ4v) is 3.01. The molecule has 2 aromatic carbocycles. The Morgan fingerprint density at radius 2 is 1.85 bits per heavy atom. The van der Waals surface area contributed by atoms with Crippen molar-refractivity contribution in [3.63, 3.8) is 0 Å². The van der Waals surface area contributed by atoms with Crippen LogP contribution in [0.1, 0.15) is 11.4 Å². The third-order valence-electron chi connectivity index (χ3n) is 3.16. The third kappa shape index (κ3) is 2.80. The molecule has 0 bridgehead atoms. The Hall–Kier alpha value is -0.780. The van der Waals surface area contributed by atoms with Gasteiger partial charge in [0.15, 0.2) is 0 Å². The number of hydrogen-bond acceptors (Lipinski definition) is 1. The summed E-state index contributed by atoms with van der Waals surface area (Å²) in [6.45, 7) is 0.746. The number of rotatable bonds is 3. The summed E-state index contributed by atoms with van der Waals surface area (Å²) in [5.74, 6) is 1.29. The Kier molecular flexibility index (Phi) is 4.19. The molecule has 0 aliphatic carbocycles. The smallest absolute Gasteiger partial charge is 0.125 e. The highest BCUT2D eigenvalue weighted by Gasteiger charge is 2.10. The van der Waals surface area contributed by atoms with Crippen LogP contribution >= 0.6 is 45.8 Å². The predicted octanol–water partition coefficient (Wildman–Crippen LogP) is 5.08. The Morgan fingerprint density at radius 3 is 2.55 bits per heavy atom. The lowest BCUT2D eigenvalue weighted by molar-refractivity contribution is 0.779. The van der Waals surface area contributed by atoms with Crippen LogP contribution in [0.3, 0.4) is 0 Å². The molecule has 0 amide bonds. The molecule has 20 heavy (non-hydrogen) atoms. The van der Waals surface area contributed by atoms with Gasteiger partial charge >= 0.3 is 0 Å². The van der Waals surface area contributed by atoms with Crippen molar-refractivity contribution < 1.29 is 0 Å². The molecule has 0 saturated heterocycles. The van der Waals surface area contributed by atoms with E-state index in [1.165, 1.54) is 9.13 Å². The van der Waals surface area contributed by atoms with Gasteiger partial charge in [-0.3, -0.25) is 0 Å². The maximum atomic E-state index is 6.03. The van der Waals surface area contributed by atoms with E-state index >= 15 is 0 Å². The summed E-state index contributed by atoms with van der Waals surface area (Å²) in [4.78, 5) is 4.61. The second-order valence-electron chi connectivity index (χ2n) is 4.51. The number of benzene rings is 2. The van der Waals surface area contributed by atoms with E-state index in [9.17, 15) is 0 Å². The summed E-state index contributed by atoms with van der Waals surface area (Å²) >= 11 is 14.2. The maximum Gasteiger partial charge on any atom is 0.125 e. The SMILES string of the molecule is ClCc1nc2cc(I)ccc2n1Cc1ccc(Cl)cc1. The van der Waals surface area contributed by atoms with Gasteiger partial charge in [-0.1, -0.05) is 23.7 Å². The Bertz CT molecular complexity index is 750. The van der Waals surface area contributed by atoms with E-state index in [4.69, 9.17) is 23.2 Å². The molecule has 0 aliphatic heterocycles. The predicted molar refractivity (Wildman–Crippen MR) is 92.6 cm³/mol. The topological polar surface area (TPSA) is 17.8 Å². The number of alkyl halides is 1. The zero-order valence-corrected chi connectivity index (χ0v) is 14.2. The highest BCUT2D eigenvalue weighted by Crippen LogP contribution is 2.22. The highest BCUT2D eigenvalue weighted by atomic mass is 127. The molecule has 3 rings (SSSR count). The molecule has 1 aromatic heterocycles. The molecule has 0 unspecified atom stereocenters. The summed E-state index contributed by atoms with van der Waals surface area (Å²) in [5, 5.41) is 0.747. The maximum absolute atomic E-state index is 6.03. The van der Waals surface area contributed by atoms with Crippen molar-refractivity contribution in [1.29, 1.82) is 0 Å². The van der Waals surface area contributed by atoms with Crippen molar-refractivity contribution in [2.45, 2.75) is 12.4 Å². The lowest BCUT2D eigenvalue weighted by Gasteiger charge is -2.08. The summed E-state index contributed by atoms with van der Waals surface area (Å²) in [5.41, 5.74) is 3.27. The molecule has 0 spiro atoms. The van der Waals surface area contributed by atoms with Crippen LogP contribution in [0.25, 0.3) is 11.0 Å². The highest BCUT2D eigenvalue weighted by molar-refractivity contribution is 14.1. The van der Waals surface area contributed by atoms with Crippen molar-refractivity contribution in [1.82, 2.24) is 9.55 Å². The molecule has 2 nitrogen and oxygen atoms in total. The Morgan fingerprint density at radius 1 is 1.10 bits per heavy atom. The van der Waals surface area contributed by atoms with E-state index in [0.717, 1.165) is 28.4 Å². The molecule has 0 fully saturated rings. The number of nitrogens with zero attached hydrogens (tertiary/aromatic N) is 2. The molecule has 3 aromatic rings. The first-order chi connectivity index (χ1) is 9.67. The first-order valence-corrected chi connectivity index (χ1v) is 8.11. The van der Waals surface area contributed by atoms with Gasteiger partial charge in [0.25, 0.3) is 0 Å². The molecule has 102 valence electrons. The van der Waals surface area contributed by atoms with E-state index in [1.54, 1.807) is 0 Å². The van der Waals surface area contributed by atoms with E-state index in [1.807, 2.05) is 24.3 Å². The van der Waals surface area contributed by atoms with Crippen LogP contribution in [0.15, 0.2) is 42.5 Å². The van der Waals surface area contributed by atoms with E-state index in [0.29, 0.717) is 5.88 Å². The minimum absolute atomic E-state index is 0.402. The molecule has 1 heterocycles. The number of imidazole rings is 1. The second kappa shape index (κ2) is 5.92. The fraction of sp³-hybridized carbons (Fsp3) is 0.133. The molecular weight excluding hydrogens is 406 g/mol. The van der Waals surface area contributed by atoms with Crippen LogP contribution < -0.4 is 0 Å². The van der Waals surface area contributed by atoms with Gasteiger partial charge in [0.1, 0.15) is 5.82 Å². The van der Waals surface area contributed by atoms with Crippen molar-refractivity contribution in [2.75, 3.05) is 0 Å². The molecule has 0 aliphatic rings. The van der Waals surface area contributed by atoms with Gasteiger partial charge in [0.05, 0.1) is 16.9 Å². The van der Waals surface area contributed by atoms with Gasteiger partial charge in [0.2, 0.25) is 0 Å². The van der Waals surface area contributed by atoms with Crippen LogP contribution in [0, 0.1) is 3.57 Å². The van der Waals surface area contributed by atoms with Gasteiger partial charge in [-0.2, -0.15) is 0 Å². The zero-order chi connectivity index (χ0) is 14.1. The molecule has 0 N–H and O–H groups in total. The molecule has 5 heteroatoms. The number of halogens is 3. The van der Waals surface area contributed by atoms with Gasteiger partial charge in [0, 0.05) is 15.1 Å². The Labute approximate surface area is 140 Å². The van der Waals surface area contributed by atoms with Gasteiger partial charge in [-0.25, -0.2) is 4.98 Å². The fourth-order valence-electron chi connectivity index (χ4n) is 2.20. The molecular formula is C15H11Cl2IN2. The van der Waals surface area contributed by atoms with Crippen LogP contribution in [0.4, 0.5) is 0 Å². The van der Waals surface area contributed by atoms with Crippen molar-refractivity contribution >= 4 is 56.8 Å². The van der Waals surface area contributed by atoms with Crippen molar-refractivity contribution in [2.24, 2.45) is 0 Å². The quantitative estimate of drug-likeness (QED) is 0.430. The average Bonchev–Trinajstić information content (AvgIpc) is 2.78. The summed E-state index contributed by atoms with van der Waals surface area (Å²) in [6, 6.07) is 14.1. The zero-order valence-electron chi connectivity index (χ0n) is 10.5. The van der Waals surface area contributed by atoms with Crippen LogP contribution in [0.2, 0.25) is 5.02 Å². The van der Waals surface area contributed by atoms with E-state index in [-0.39, 0.29) is 0 Å². The van der Waals surface area contributed by atoms with Gasteiger partial charge in [-0.05, 0) is 58.5 Å². The van der Waals surface area contributed by atoms with Gasteiger partial charge < -0.3 is 4.57 Å². The van der Waals surface area contributed by atoms with Crippen molar-refractivity contribution in [3.8, 4) is 0 Å². The lowest BCUT2D eigenvalue weighted by Crippen LogP contribution is -2.03. The van der Waals surface area contributed by atoms with Crippen molar-refractivity contribution in [3.05, 3.63) is 62.4 Å². The van der Waals surface area contributed by atoms with Crippen LogP contribution in [0.5, 0.6) is 0 Å². The minimum Gasteiger partial charge on any atom is -0.322 e.